The van der Waals surface area contributed by atoms with E-state index < -0.39 is 5.97 Å². The number of rotatable bonds is 3. The third-order valence-electron chi connectivity index (χ3n) is 2.08. The highest BCUT2D eigenvalue weighted by Gasteiger charge is 2.07. The average Bonchev–Trinajstić information content (AvgIpc) is 2.34. The van der Waals surface area contributed by atoms with Crippen LogP contribution < -0.4 is 4.74 Å². The van der Waals surface area contributed by atoms with E-state index in [0.29, 0.717) is 16.5 Å². The van der Waals surface area contributed by atoms with Crippen molar-refractivity contribution in [1.29, 1.82) is 0 Å². The predicted octanol–water partition coefficient (Wildman–Crippen LogP) is 3.99. The van der Waals surface area contributed by atoms with E-state index in [9.17, 15) is 4.79 Å². The molecular formula is C12H7BrClNO3. The molecule has 0 fully saturated rings. The normalized spacial score (nSPS) is 10.1. The van der Waals surface area contributed by atoms with Gasteiger partial charge in [0.05, 0.1) is 11.2 Å². The molecule has 1 N–H and O–H groups in total. The molecule has 0 amide bonds. The molecule has 1 aromatic heterocycles. The van der Waals surface area contributed by atoms with Crippen molar-refractivity contribution in [1.82, 2.24) is 4.98 Å². The molecule has 2 aromatic rings. The average molecular weight is 329 g/mol. The summed E-state index contributed by atoms with van der Waals surface area (Å²) in [6.45, 7) is 0. The maximum atomic E-state index is 10.6. The fourth-order valence-electron chi connectivity index (χ4n) is 1.25. The van der Waals surface area contributed by atoms with Crippen molar-refractivity contribution in [3.8, 4) is 11.5 Å². The fraction of sp³-hybridized carbons (Fsp3) is 0. The number of hydrogen-bond donors (Lipinski definition) is 1. The molecule has 0 saturated carbocycles. The van der Waals surface area contributed by atoms with Gasteiger partial charge in [0.2, 0.25) is 0 Å². The molecule has 0 aliphatic heterocycles. The smallest absolute Gasteiger partial charge is 0.354 e. The number of aromatic nitrogens is 1. The molecule has 1 aromatic carbocycles. The molecule has 0 radical (unpaired) electrons. The lowest BCUT2D eigenvalue weighted by molar-refractivity contribution is 0.0690. The number of carboxylic acids is 1. The Hall–Kier alpha value is -1.59. The summed E-state index contributed by atoms with van der Waals surface area (Å²) in [4.78, 5) is 14.4. The van der Waals surface area contributed by atoms with Crippen LogP contribution >= 0.6 is 27.5 Å². The van der Waals surface area contributed by atoms with Crippen molar-refractivity contribution >= 4 is 33.5 Å². The highest BCUT2D eigenvalue weighted by Crippen LogP contribution is 2.31. The second-order valence-electron chi connectivity index (χ2n) is 3.36. The summed E-state index contributed by atoms with van der Waals surface area (Å²) in [5.74, 6) is -0.196. The van der Waals surface area contributed by atoms with E-state index in [2.05, 4.69) is 20.9 Å². The summed E-state index contributed by atoms with van der Waals surface area (Å²) >= 11 is 9.28. The number of ether oxygens (including phenoxy) is 1. The van der Waals surface area contributed by atoms with Crippen LogP contribution in [0.3, 0.4) is 0 Å². The molecule has 0 spiro atoms. The van der Waals surface area contributed by atoms with Crippen molar-refractivity contribution in [3.05, 3.63) is 51.7 Å². The minimum absolute atomic E-state index is 0.0392. The van der Waals surface area contributed by atoms with Gasteiger partial charge < -0.3 is 9.84 Å². The molecule has 0 aliphatic rings. The first-order valence-electron chi connectivity index (χ1n) is 4.88. The highest BCUT2D eigenvalue weighted by atomic mass is 79.9. The van der Waals surface area contributed by atoms with Crippen LogP contribution in [0.1, 0.15) is 10.5 Å². The number of hydrogen-bond acceptors (Lipinski definition) is 3. The summed E-state index contributed by atoms with van der Waals surface area (Å²) in [5.41, 5.74) is -0.0392. The number of aromatic carboxylic acids is 1. The van der Waals surface area contributed by atoms with Gasteiger partial charge in [0, 0.05) is 4.47 Å². The van der Waals surface area contributed by atoms with Crippen LogP contribution in [0.4, 0.5) is 0 Å². The van der Waals surface area contributed by atoms with Gasteiger partial charge in [-0.3, -0.25) is 0 Å². The third-order valence-corrected chi connectivity index (χ3v) is 2.88. The third kappa shape index (κ3) is 3.00. The van der Waals surface area contributed by atoms with E-state index in [1.807, 2.05) is 0 Å². The van der Waals surface area contributed by atoms with Gasteiger partial charge in [-0.2, -0.15) is 0 Å². The van der Waals surface area contributed by atoms with E-state index in [4.69, 9.17) is 21.4 Å². The highest BCUT2D eigenvalue weighted by molar-refractivity contribution is 9.10. The van der Waals surface area contributed by atoms with Crippen LogP contribution in [0.5, 0.6) is 11.5 Å². The molecule has 0 aliphatic carbocycles. The van der Waals surface area contributed by atoms with Crippen molar-refractivity contribution in [2.24, 2.45) is 0 Å². The molecule has 0 bridgehead atoms. The summed E-state index contributed by atoms with van der Waals surface area (Å²) in [5, 5.41) is 9.17. The van der Waals surface area contributed by atoms with Gasteiger partial charge in [-0.05, 0) is 30.3 Å². The monoisotopic (exact) mass is 327 g/mol. The molecular weight excluding hydrogens is 321 g/mol. The first-order valence-corrected chi connectivity index (χ1v) is 6.05. The second-order valence-corrected chi connectivity index (χ2v) is 4.68. The minimum Gasteiger partial charge on any atom is -0.477 e. The van der Waals surface area contributed by atoms with Gasteiger partial charge in [0.25, 0.3) is 0 Å². The molecule has 0 unspecified atom stereocenters. The summed E-state index contributed by atoms with van der Waals surface area (Å²) < 4.78 is 6.34. The maximum Gasteiger partial charge on any atom is 0.354 e. The SMILES string of the molecule is O=C(O)c1ccc(Oc2cc(Br)ccc2Cl)cn1. The first-order chi connectivity index (χ1) is 8.56. The number of pyridine rings is 1. The minimum atomic E-state index is -1.08. The summed E-state index contributed by atoms with van der Waals surface area (Å²) in [6, 6.07) is 8.09. The zero-order chi connectivity index (χ0) is 13.1. The van der Waals surface area contributed by atoms with Crippen molar-refractivity contribution in [3.63, 3.8) is 0 Å². The topological polar surface area (TPSA) is 59.4 Å². The Labute approximate surface area is 116 Å². The van der Waals surface area contributed by atoms with Gasteiger partial charge >= 0.3 is 5.97 Å². The van der Waals surface area contributed by atoms with E-state index in [1.165, 1.54) is 18.3 Å². The lowest BCUT2D eigenvalue weighted by Crippen LogP contribution is -1.99. The molecule has 4 nitrogen and oxygen atoms in total. The molecule has 2 rings (SSSR count). The van der Waals surface area contributed by atoms with Crippen molar-refractivity contribution in [2.45, 2.75) is 0 Å². The zero-order valence-electron chi connectivity index (χ0n) is 8.93. The van der Waals surface area contributed by atoms with Crippen LogP contribution in [0, 0.1) is 0 Å². The molecule has 0 saturated heterocycles. The number of benzene rings is 1. The molecule has 6 heteroatoms. The zero-order valence-corrected chi connectivity index (χ0v) is 11.3. The lowest BCUT2D eigenvalue weighted by Gasteiger charge is -2.07. The van der Waals surface area contributed by atoms with E-state index in [-0.39, 0.29) is 5.69 Å². The fourth-order valence-corrected chi connectivity index (χ4v) is 1.75. The second kappa shape index (κ2) is 5.37. The number of carboxylic acid groups (broad SMARTS) is 1. The molecule has 92 valence electrons. The maximum absolute atomic E-state index is 10.6. The van der Waals surface area contributed by atoms with Crippen LogP contribution in [-0.4, -0.2) is 16.1 Å². The Kier molecular flexibility index (Phi) is 3.84. The van der Waals surface area contributed by atoms with Crippen LogP contribution in [0.25, 0.3) is 0 Å². The van der Waals surface area contributed by atoms with Crippen molar-refractivity contribution < 1.29 is 14.6 Å². The summed E-state index contributed by atoms with van der Waals surface area (Å²) in [7, 11) is 0. The van der Waals surface area contributed by atoms with Gasteiger partial charge in [-0.25, -0.2) is 9.78 Å². The van der Waals surface area contributed by atoms with E-state index in [0.717, 1.165) is 4.47 Å². The Morgan fingerprint density at radius 3 is 2.72 bits per heavy atom. The summed E-state index contributed by atoms with van der Waals surface area (Å²) in [6.07, 6.45) is 1.33. The quantitative estimate of drug-likeness (QED) is 0.925. The largest absolute Gasteiger partial charge is 0.477 e. The molecule has 1 heterocycles. The van der Waals surface area contributed by atoms with Crippen LogP contribution in [0.2, 0.25) is 5.02 Å². The van der Waals surface area contributed by atoms with Crippen molar-refractivity contribution in [2.75, 3.05) is 0 Å². The standard InChI is InChI=1S/C12H7BrClNO3/c13-7-1-3-9(14)11(5-7)18-8-2-4-10(12(16)17)15-6-8/h1-6H,(H,16,17). The Morgan fingerprint density at radius 1 is 1.33 bits per heavy atom. The Morgan fingerprint density at radius 2 is 2.11 bits per heavy atom. The first kappa shape index (κ1) is 12.9. The Balaban J connectivity index is 2.23. The van der Waals surface area contributed by atoms with E-state index in [1.54, 1.807) is 18.2 Å². The number of nitrogens with zero attached hydrogens (tertiary/aromatic N) is 1. The van der Waals surface area contributed by atoms with Crippen LogP contribution in [-0.2, 0) is 0 Å². The van der Waals surface area contributed by atoms with Crippen LogP contribution in [0.15, 0.2) is 41.0 Å². The number of carbonyl (C=O) groups is 1. The molecule has 18 heavy (non-hydrogen) atoms. The van der Waals surface area contributed by atoms with Gasteiger partial charge in [-0.1, -0.05) is 27.5 Å². The molecule has 0 atom stereocenters. The lowest BCUT2D eigenvalue weighted by atomic mass is 10.3. The van der Waals surface area contributed by atoms with Gasteiger partial charge in [-0.15, -0.1) is 0 Å². The Bertz CT molecular complexity index is 586. The van der Waals surface area contributed by atoms with Gasteiger partial charge in [0.15, 0.2) is 0 Å². The van der Waals surface area contributed by atoms with Gasteiger partial charge in [0.1, 0.15) is 17.2 Å². The van der Waals surface area contributed by atoms with E-state index >= 15 is 0 Å². The number of halogens is 2. The predicted molar refractivity (Wildman–Crippen MR) is 70.4 cm³/mol.